The Morgan fingerprint density at radius 2 is 2.11 bits per heavy atom. The molecule has 0 aliphatic heterocycles. The Hall–Kier alpha value is -1.14. The third-order valence-electron chi connectivity index (χ3n) is 4.88. The maximum atomic E-state index is 10.8. The first-order chi connectivity index (χ1) is 8.68. The molecule has 0 bridgehead atoms. The molecule has 106 valence electrons. The van der Waals surface area contributed by atoms with Crippen LogP contribution in [0.2, 0.25) is 0 Å². The summed E-state index contributed by atoms with van der Waals surface area (Å²) in [7, 11) is 0. The van der Waals surface area contributed by atoms with Gasteiger partial charge < -0.3 is 16.2 Å². The van der Waals surface area contributed by atoms with Crippen molar-refractivity contribution in [2.24, 2.45) is 22.5 Å². The maximum Gasteiger partial charge on any atom is 0.326 e. The highest BCUT2D eigenvalue weighted by atomic mass is 32.1. The van der Waals surface area contributed by atoms with Crippen molar-refractivity contribution in [3.05, 3.63) is 11.1 Å². The van der Waals surface area contributed by atoms with Crippen LogP contribution in [-0.2, 0) is 4.79 Å². The van der Waals surface area contributed by atoms with Gasteiger partial charge in [0.25, 0.3) is 0 Å². The van der Waals surface area contributed by atoms with Gasteiger partial charge in [-0.15, -0.1) is 11.3 Å². The van der Waals surface area contributed by atoms with E-state index in [1.807, 2.05) is 0 Å². The summed E-state index contributed by atoms with van der Waals surface area (Å²) in [5.74, 6) is -0.457. The number of carboxylic acids is 1. The Morgan fingerprint density at radius 1 is 1.53 bits per heavy atom. The van der Waals surface area contributed by atoms with Crippen LogP contribution < -0.4 is 11.1 Å². The van der Waals surface area contributed by atoms with E-state index in [2.05, 4.69) is 38.0 Å². The van der Waals surface area contributed by atoms with Gasteiger partial charge >= 0.3 is 5.97 Å². The summed E-state index contributed by atoms with van der Waals surface area (Å²) in [6.07, 6.45) is 0. The molecule has 0 aromatic carbocycles. The Bertz CT molecular complexity index is 482. The van der Waals surface area contributed by atoms with Crippen LogP contribution in [0.3, 0.4) is 0 Å². The molecule has 19 heavy (non-hydrogen) atoms. The average Bonchev–Trinajstić information content (AvgIpc) is 2.70. The van der Waals surface area contributed by atoms with Crippen LogP contribution in [-0.4, -0.2) is 22.6 Å². The van der Waals surface area contributed by atoms with E-state index in [1.54, 1.807) is 5.38 Å². The van der Waals surface area contributed by atoms with E-state index >= 15 is 0 Å². The molecule has 4 N–H and O–H groups in total. The largest absolute Gasteiger partial charge is 0.480 e. The fourth-order valence-corrected chi connectivity index (χ4v) is 3.43. The predicted octanol–water partition coefficient (Wildman–Crippen LogP) is 2.32. The molecule has 5 nitrogen and oxygen atoms in total. The topological polar surface area (TPSA) is 88.2 Å². The van der Waals surface area contributed by atoms with E-state index < -0.39 is 12.0 Å². The van der Waals surface area contributed by atoms with E-state index in [4.69, 9.17) is 10.8 Å². The number of rotatable bonds is 5. The van der Waals surface area contributed by atoms with Gasteiger partial charge in [-0.3, -0.25) is 4.79 Å². The van der Waals surface area contributed by atoms with Gasteiger partial charge in [0.05, 0.1) is 5.69 Å². The second kappa shape index (κ2) is 4.45. The molecule has 1 aliphatic carbocycles. The number of hydrogen-bond donors (Lipinski definition) is 3. The minimum absolute atomic E-state index is 0.331. The summed E-state index contributed by atoms with van der Waals surface area (Å²) >= 11 is 1.40. The minimum Gasteiger partial charge on any atom is -0.480 e. The molecule has 1 heterocycles. The lowest BCUT2D eigenvalue weighted by molar-refractivity contribution is -0.138. The van der Waals surface area contributed by atoms with Gasteiger partial charge in [0.2, 0.25) is 0 Å². The zero-order valence-corrected chi connectivity index (χ0v) is 12.5. The summed E-state index contributed by atoms with van der Waals surface area (Å²) in [6, 6.07) is -1.04. The van der Waals surface area contributed by atoms with Crippen LogP contribution in [0.5, 0.6) is 0 Å². The number of nitrogens with zero attached hydrogens (tertiary/aromatic N) is 1. The zero-order valence-electron chi connectivity index (χ0n) is 11.7. The number of aromatic nitrogens is 1. The highest BCUT2D eigenvalue weighted by Gasteiger charge is 2.64. The highest BCUT2D eigenvalue weighted by Crippen LogP contribution is 2.68. The van der Waals surface area contributed by atoms with Crippen molar-refractivity contribution in [1.82, 2.24) is 4.98 Å². The second-order valence-electron chi connectivity index (χ2n) is 6.27. The highest BCUT2D eigenvalue weighted by molar-refractivity contribution is 7.13. The van der Waals surface area contributed by atoms with Crippen LogP contribution in [0, 0.1) is 16.7 Å². The van der Waals surface area contributed by atoms with Gasteiger partial charge in [0.15, 0.2) is 5.13 Å². The lowest BCUT2D eigenvalue weighted by Gasteiger charge is -2.04. The fourth-order valence-electron chi connectivity index (χ4n) is 2.67. The molecule has 1 aromatic rings. The van der Waals surface area contributed by atoms with Gasteiger partial charge in [-0.25, -0.2) is 4.98 Å². The molecule has 1 aliphatic rings. The van der Waals surface area contributed by atoms with E-state index in [-0.39, 0.29) is 0 Å². The molecule has 1 fully saturated rings. The van der Waals surface area contributed by atoms with Gasteiger partial charge in [0, 0.05) is 11.9 Å². The molecule has 0 spiro atoms. The molecule has 2 rings (SSSR count). The summed E-state index contributed by atoms with van der Waals surface area (Å²) in [4.78, 5) is 15.0. The first kappa shape index (κ1) is 14.3. The molecule has 1 atom stereocenters. The van der Waals surface area contributed by atoms with E-state index in [9.17, 15) is 4.79 Å². The number of carboxylic acid groups (broad SMARTS) is 1. The van der Waals surface area contributed by atoms with Crippen molar-refractivity contribution >= 4 is 22.4 Å². The number of anilines is 1. The third kappa shape index (κ3) is 2.34. The molecule has 0 radical (unpaired) electrons. The standard InChI is InChI=1S/C13H21N3O2S/c1-12(2)8(13(12,3)4)5-15-11-16-7(6-19-11)9(14)10(17)18/h6,8-9H,5,14H2,1-4H3,(H,15,16)(H,17,18). The van der Waals surface area contributed by atoms with Gasteiger partial charge in [-0.2, -0.15) is 0 Å². The number of thiazole rings is 1. The van der Waals surface area contributed by atoms with Crippen molar-refractivity contribution in [3.63, 3.8) is 0 Å². The monoisotopic (exact) mass is 283 g/mol. The van der Waals surface area contributed by atoms with E-state index in [1.165, 1.54) is 11.3 Å². The van der Waals surface area contributed by atoms with Crippen molar-refractivity contribution in [2.45, 2.75) is 33.7 Å². The normalized spacial score (nSPS) is 21.9. The SMILES string of the molecule is CC1(C)C(CNc2nc(C(N)C(=O)O)cs2)C1(C)C. The third-order valence-corrected chi connectivity index (χ3v) is 5.70. The predicted molar refractivity (Wildman–Crippen MR) is 76.2 cm³/mol. The Balaban J connectivity index is 1.94. The fraction of sp³-hybridized carbons (Fsp3) is 0.692. The first-order valence-electron chi connectivity index (χ1n) is 6.35. The summed E-state index contributed by atoms with van der Waals surface area (Å²) in [5.41, 5.74) is 6.60. The summed E-state index contributed by atoms with van der Waals surface area (Å²) in [6.45, 7) is 9.94. The number of nitrogens with two attached hydrogens (primary N) is 1. The molecule has 0 amide bonds. The van der Waals surface area contributed by atoms with Crippen LogP contribution in [0.1, 0.15) is 39.4 Å². The number of aliphatic carboxylic acids is 1. The smallest absolute Gasteiger partial charge is 0.326 e. The summed E-state index contributed by atoms with van der Waals surface area (Å²) in [5, 5.41) is 14.6. The molecule has 1 aromatic heterocycles. The van der Waals surface area contributed by atoms with Gasteiger partial charge in [-0.05, 0) is 16.7 Å². The van der Waals surface area contributed by atoms with Gasteiger partial charge in [0.1, 0.15) is 6.04 Å². The van der Waals surface area contributed by atoms with Crippen LogP contribution in [0.15, 0.2) is 5.38 Å². The molecular formula is C13H21N3O2S. The molecule has 0 saturated heterocycles. The zero-order chi connectivity index (χ0) is 14.4. The lowest BCUT2D eigenvalue weighted by Crippen LogP contribution is -2.21. The summed E-state index contributed by atoms with van der Waals surface area (Å²) < 4.78 is 0. The Kier molecular flexibility index (Phi) is 3.35. The van der Waals surface area contributed by atoms with Crippen molar-refractivity contribution in [2.75, 3.05) is 11.9 Å². The van der Waals surface area contributed by atoms with Gasteiger partial charge in [-0.1, -0.05) is 27.7 Å². The molecule has 1 unspecified atom stereocenters. The Morgan fingerprint density at radius 3 is 2.58 bits per heavy atom. The van der Waals surface area contributed by atoms with Crippen molar-refractivity contribution in [3.8, 4) is 0 Å². The minimum atomic E-state index is -1.05. The lowest BCUT2D eigenvalue weighted by atomic mass is 10.0. The van der Waals surface area contributed by atoms with Crippen LogP contribution >= 0.6 is 11.3 Å². The number of hydrogen-bond acceptors (Lipinski definition) is 5. The average molecular weight is 283 g/mol. The second-order valence-corrected chi connectivity index (χ2v) is 7.13. The van der Waals surface area contributed by atoms with Crippen molar-refractivity contribution < 1.29 is 9.90 Å². The number of carbonyl (C=O) groups is 1. The quantitative estimate of drug-likeness (QED) is 0.772. The van der Waals surface area contributed by atoms with E-state index in [0.717, 1.165) is 11.7 Å². The van der Waals surface area contributed by atoms with Crippen LogP contribution in [0.25, 0.3) is 0 Å². The van der Waals surface area contributed by atoms with Crippen LogP contribution in [0.4, 0.5) is 5.13 Å². The molecular weight excluding hydrogens is 262 g/mol. The maximum absolute atomic E-state index is 10.8. The first-order valence-corrected chi connectivity index (χ1v) is 7.23. The van der Waals surface area contributed by atoms with Crippen molar-refractivity contribution in [1.29, 1.82) is 0 Å². The van der Waals surface area contributed by atoms with E-state index in [0.29, 0.717) is 22.4 Å². The number of nitrogens with one attached hydrogen (secondary N) is 1. The Labute approximate surface area is 117 Å². The molecule has 1 saturated carbocycles. The molecule has 6 heteroatoms.